The summed E-state index contributed by atoms with van der Waals surface area (Å²) in [6.07, 6.45) is 7.26. The molecule has 4 nitrogen and oxygen atoms in total. The van der Waals surface area contributed by atoms with E-state index in [-0.39, 0.29) is 12.2 Å². The number of carbonyl (C=O) groups excluding carboxylic acids is 1. The predicted octanol–water partition coefficient (Wildman–Crippen LogP) is 3.44. The number of fused-ring (bicyclic) bond motifs is 1. The number of nitrogens with zero attached hydrogens (tertiary/aromatic N) is 2. The molecule has 4 heteroatoms. The highest BCUT2D eigenvalue weighted by Crippen LogP contribution is 2.32. The van der Waals surface area contributed by atoms with Crippen LogP contribution in [-0.2, 0) is 9.53 Å². The first-order chi connectivity index (χ1) is 10.7. The molecule has 1 aliphatic heterocycles. The van der Waals surface area contributed by atoms with Crippen LogP contribution in [0.2, 0.25) is 0 Å². The van der Waals surface area contributed by atoms with E-state index < -0.39 is 5.97 Å². The summed E-state index contributed by atoms with van der Waals surface area (Å²) in [5, 5.41) is 9.05. The Labute approximate surface area is 130 Å². The Bertz CT molecular complexity index is 693. The lowest BCUT2D eigenvalue weighted by molar-refractivity contribution is -0.138. The fourth-order valence-electron chi connectivity index (χ4n) is 2.26. The summed E-state index contributed by atoms with van der Waals surface area (Å²) < 4.78 is 4.85. The van der Waals surface area contributed by atoms with Gasteiger partial charge in [-0.3, -0.25) is 0 Å². The highest BCUT2D eigenvalue weighted by molar-refractivity contribution is 5.94. The number of hydrogen-bond acceptors (Lipinski definition) is 4. The third-order valence-electron chi connectivity index (χ3n) is 3.34. The zero-order chi connectivity index (χ0) is 15.9. The Morgan fingerprint density at radius 1 is 1.36 bits per heavy atom. The number of carbonyl (C=O) groups is 1. The average Bonchev–Trinajstić information content (AvgIpc) is 2.55. The number of esters is 1. The fourth-order valence-corrected chi connectivity index (χ4v) is 2.26. The third-order valence-corrected chi connectivity index (χ3v) is 3.34. The van der Waals surface area contributed by atoms with Gasteiger partial charge in [0.25, 0.3) is 0 Å². The molecule has 0 saturated carbocycles. The molecule has 1 aromatic rings. The Kier molecular flexibility index (Phi) is 5.16. The van der Waals surface area contributed by atoms with Crippen LogP contribution >= 0.6 is 0 Å². The van der Waals surface area contributed by atoms with Crippen molar-refractivity contribution in [2.24, 2.45) is 0 Å². The van der Waals surface area contributed by atoms with Gasteiger partial charge in [0, 0.05) is 24.0 Å². The molecule has 1 aromatic carbocycles. The number of para-hydroxylation sites is 1. The lowest BCUT2D eigenvalue weighted by Gasteiger charge is -2.26. The van der Waals surface area contributed by atoms with Gasteiger partial charge < -0.3 is 9.64 Å². The smallest absolute Gasteiger partial charge is 0.348 e. The molecule has 0 aromatic heterocycles. The first-order valence-electron chi connectivity index (χ1n) is 7.24. The molecule has 0 amide bonds. The fraction of sp³-hybridized carbons (Fsp3) is 0.222. The molecule has 0 radical (unpaired) electrons. The topological polar surface area (TPSA) is 53.3 Å². The Balaban J connectivity index is 2.37. The van der Waals surface area contributed by atoms with Crippen molar-refractivity contribution in [3.8, 4) is 6.07 Å². The van der Waals surface area contributed by atoms with Gasteiger partial charge in [-0.2, -0.15) is 5.26 Å². The Hall–Kier alpha value is -2.80. The standard InChI is InChI=1S/C18H18N2O2/c1-3-20-12-11-14(16-7-5-6-8-17(16)20)9-10-15(13-19)18(21)22-4-2/h5-12H,3-4H2,1-2H3/b14-9+,15-10-. The number of anilines is 1. The van der Waals surface area contributed by atoms with Crippen molar-refractivity contribution in [1.29, 1.82) is 5.26 Å². The van der Waals surface area contributed by atoms with Crippen molar-refractivity contribution in [3.63, 3.8) is 0 Å². The zero-order valence-corrected chi connectivity index (χ0v) is 12.7. The van der Waals surface area contributed by atoms with Gasteiger partial charge in [-0.15, -0.1) is 0 Å². The second-order valence-corrected chi connectivity index (χ2v) is 4.65. The molecule has 22 heavy (non-hydrogen) atoms. The molecule has 0 saturated heterocycles. The van der Waals surface area contributed by atoms with Crippen LogP contribution in [0.4, 0.5) is 5.69 Å². The van der Waals surface area contributed by atoms with E-state index in [0.717, 1.165) is 23.4 Å². The zero-order valence-electron chi connectivity index (χ0n) is 12.7. The summed E-state index contributed by atoms with van der Waals surface area (Å²) in [7, 11) is 0. The molecule has 0 atom stereocenters. The molecule has 0 unspecified atom stereocenters. The van der Waals surface area contributed by atoms with E-state index in [0.29, 0.717) is 0 Å². The van der Waals surface area contributed by atoms with Crippen molar-refractivity contribution in [2.75, 3.05) is 18.1 Å². The number of nitriles is 1. The molecule has 0 fully saturated rings. The molecular weight excluding hydrogens is 276 g/mol. The first-order valence-corrected chi connectivity index (χ1v) is 7.24. The van der Waals surface area contributed by atoms with Crippen molar-refractivity contribution < 1.29 is 9.53 Å². The first kappa shape index (κ1) is 15.6. The SMILES string of the molecule is CCOC(=O)/C(C#N)=C\C=C1/C=CN(CC)c2ccccc21. The number of allylic oxidation sites excluding steroid dienone is 4. The number of hydrogen-bond donors (Lipinski definition) is 0. The summed E-state index contributed by atoms with van der Waals surface area (Å²) in [5.41, 5.74) is 3.14. The van der Waals surface area contributed by atoms with E-state index in [4.69, 9.17) is 10.00 Å². The minimum Gasteiger partial charge on any atom is -0.462 e. The molecular formula is C18H18N2O2. The maximum atomic E-state index is 11.6. The van der Waals surface area contributed by atoms with Gasteiger partial charge in [0.05, 0.1) is 6.61 Å². The van der Waals surface area contributed by atoms with E-state index >= 15 is 0 Å². The third kappa shape index (κ3) is 3.26. The minimum absolute atomic E-state index is 0.00171. The van der Waals surface area contributed by atoms with Gasteiger partial charge in [-0.25, -0.2) is 4.79 Å². The molecule has 112 valence electrons. The van der Waals surface area contributed by atoms with Crippen LogP contribution < -0.4 is 4.90 Å². The molecule has 0 N–H and O–H groups in total. The molecule has 0 bridgehead atoms. The predicted molar refractivity (Wildman–Crippen MR) is 86.9 cm³/mol. The summed E-state index contributed by atoms with van der Waals surface area (Å²) >= 11 is 0. The van der Waals surface area contributed by atoms with Crippen LogP contribution in [0.25, 0.3) is 5.57 Å². The van der Waals surface area contributed by atoms with Crippen molar-refractivity contribution in [3.05, 3.63) is 59.8 Å². The second kappa shape index (κ2) is 7.28. The Morgan fingerprint density at radius 2 is 2.14 bits per heavy atom. The monoisotopic (exact) mass is 294 g/mol. The average molecular weight is 294 g/mol. The lowest BCUT2D eigenvalue weighted by atomic mass is 9.99. The molecule has 1 aliphatic rings. The molecule has 1 heterocycles. The summed E-state index contributed by atoms with van der Waals surface area (Å²) in [5.74, 6) is -0.592. The highest BCUT2D eigenvalue weighted by atomic mass is 16.5. The normalized spacial score (nSPS) is 15.4. The van der Waals surface area contributed by atoms with Crippen LogP contribution in [0.3, 0.4) is 0 Å². The van der Waals surface area contributed by atoms with Crippen molar-refractivity contribution >= 4 is 17.2 Å². The summed E-state index contributed by atoms with van der Waals surface area (Å²) in [6, 6.07) is 9.92. The van der Waals surface area contributed by atoms with Gasteiger partial charge in [-0.05, 0) is 37.6 Å². The second-order valence-electron chi connectivity index (χ2n) is 4.65. The van der Waals surface area contributed by atoms with Crippen molar-refractivity contribution in [1.82, 2.24) is 0 Å². The minimum atomic E-state index is -0.592. The molecule has 0 spiro atoms. The van der Waals surface area contributed by atoms with E-state index in [9.17, 15) is 4.79 Å². The van der Waals surface area contributed by atoms with E-state index in [1.54, 1.807) is 13.0 Å². The van der Waals surface area contributed by atoms with E-state index in [1.807, 2.05) is 36.5 Å². The van der Waals surface area contributed by atoms with Crippen LogP contribution in [-0.4, -0.2) is 19.1 Å². The van der Waals surface area contributed by atoms with Gasteiger partial charge in [-0.1, -0.05) is 24.3 Å². The largest absolute Gasteiger partial charge is 0.462 e. The van der Waals surface area contributed by atoms with Gasteiger partial charge in [0.1, 0.15) is 11.6 Å². The number of ether oxygens (including phenoxy) is 1. The number of benzene rings is 1. The summed E-state index contributed by atoms with van der Waals surface area (Å²) in [4.78, 5) is 13.8. The lowest BCUT2D eigenvalue weighted by Crippen LogP contribution is -2.18. The maximum absolute atomic E-state index is 11.6. The van der Waals surface area contributed by atoms with Crippen LogP contribution in [0, 0.1) is 11.3 Å². The molecule has 2 rings (SSSR count). The van der Waals surface area contributed by atoms with Crippen LogP contribution in [0.15, 0.2) is 54.3 Å². The number of rotatable bonds is 4. The van der Waals surface area contributed by atoms with Crippen LogP contribution in [0.1, 0.15) is 19.4 Å². The highest BCUT2D eigenvalue weighted by Gasteiger charge is 2.14. The van der Waals surface area contributed by atoms with E-state index in [2.05, 4.69) is 17.9 Å². The Morgan fingerprint density at radius 3 is 2.82 bits per heavy atom. The van der Waals surface area contributed by atoms with Crippen LogP contribution in [0.5, 0.6) is 0 Å². The molecule has 0 aliphatic carbocycles. The maximum Gasteiger partial charge on any atom is 0.348 e. The summed E-state index contributed by atoms with van der Waals surface area (Å²) in [6.45, 7) is 4.93. The van der Waals surface area contributed by atoms with Gasteiger partial charge >= 0.3 is 5.97 Å². The van der Waals surface area contributed by atoms with Crippen molar-refractivity contribution in [2.45, 2.75) is 13.8 Å². The quantitative estimate of drug-likeness (QED) is 0.485. The van der Waals surface area contributed by atoms with E-state index in [1.165, 1.54) is 6.08 Å². The van der Waals surface area contributed by atoms with Gasteiger partial charge in [0.2, 0.25) is 0 Å². The van der Waals surface area contributed by atoms with Gasteiger partial charge in [0.15, 0.2) is 0 Å².